The predicted molar refractivity (Wildman–Crippen MR) is 73.9 cm³/mol. The normalized spacial score (nSPS) is 25.5. The molecule has 0 bridgehead atoms. The molecule has 0 spiro atoms. The summed E-state index contributed by atoms with van der Waals surface area (Å²) in [5.74, 6) is 1.01. The van der Waals surface area contributed by atoms with Crippen LogP contribution in [0.2, 0.25) is 5.28 Å². The highest BCUT2D eigenvalue weighted by Crippen LogP contribution is 2.39. The van der Waals surface area contributed by atoms with Gasteiger partial charge in [-0.3, -0.25) is 4.57 Å². The highest BCUT2D eigenvalue weighted by molar-refractivity contribution is 7.99. The Kier molecular flexibility index (Phi) is 3.74. The minimum atomic E-state index is -0.00240. The first-order valence-corrected chi connectivity index (χ1v) is 7.73. The third kappa shape index (κ3) is 2.63. The Morgan fingerprint density at radius 3 is 2.53 bits per heavy atom. The molecule has 1 fully saturated rings. The van der Waals surface area contributed by atoms with Gasteiger partial charge in [-0.1, -0.05) is 20.8 Å². The van der Waals surface area contributed by atoms with Crippen molar-refractivity contribution < 1.29 is 0 Å². The summed E-state index contributed by atoms with van der Waals surface area (Å²) in [6.07, 6.45) is 5.82. The SMILES string of the molecule is CSC1CCC(n2c(Cl)nnc2C(C)(C)C)C1. The van der Waals surface area contributed by atoms with Crippen LogP contribution < -0.4 is 0 Å². The van der Waals surface area contributed by atoms with E-state index in [0.29, 0.717) is 11.3 Å². The number of hydrogen-bond donors (Lipinski definition) is 0. The average molecular weight is 274 g/mol. The van der Waals surface area contributed by atoms with Gasteiger partial charge in [0.05, 0.1) is 0 Å². The molecule has 2 rings (SSSR count). The topological polar surface area (TPSA) is 30.7 Å². The lowest BCUT2D eigenvalue weighted by Gasteiger charge is -2.23. The van der Waals surface area contributed by atoms with Crippen molar-refractivity contribution in [2.75, 3.05) is 6.26 Å². The van der Waals surface area contributed by atoms with Gasteiger partial charge in [-0.15, -0.1) is 10.2 Å². The second-order valence-electron chi connectivity index (χ2n) is 5.74. The fraction of sp³-hybridized carbons (Fsp3) is 0.833. The van der Waals surface area contributed by atoms with Crippen molar-refractivity contribution >= 4 is 23.4 Å². The summed E-state index contributed by atoms with van der Waals surface area (Å²) in [6, 6.07) is 0.476. The highest BCUT2D eigenvalue weighted by atomic mass is 35.5. The van der Waals surface area contributed by atoms with Crippen LogP contribution in [0.4, 0.5) is 0 Å². The highest BCUT2D eigenvalue weighted by Gasteiger charge is 2.32. The van der Waals surface area contributed by atoms with E-state index < -0.39 is 0 Å². The van der Waals surface area contributed by atoms with Crippen LogP contribution in [0, 0.1) is 0 Å². The molecule has 1 aliphatic carbocycles. The van der Waals surface area contributed by atoms with Crippen molar-refractivity contribution in [2.45, 2.75) is 56.7 Å². The standard InChI is InChI=1S/C12H20ClN3S/c1-12(2,3)10-14-15-11(13)16(10)8-5-6-9(7-8)17-4/h8-9H,5-7H2,1-4H3. The Bertz CT molecular complexity index is 397. The fourth-order valence-electron chi connectivity index (χ4n) is 2.47. The van der Waals surface area contributed by atoms with Crippen LogP contribution >= 0.6 is 23.4 Å². The Labute approximate surface area is 112 Å². The molecule has 17 heavy (non-hydrogen) atoms. The van der Waals surface area contributed by atoms with Crippen molar-refractivity contribution in [3.63, 3.8) is 0 Å². The quantitative estimate of drug-likeness (QED) is 0.823. The monoisotopic (exact) mass is 273 g/mol. The molecule has 1 aliphatic rings. The van der Waals surface area contributed by atoms with Gasteiger partial charge in [0.15, 0.2) is 0 Å². The second kappa shape index (κ2) is 4.81. The molecule has 1 heterocycles. The van der Waals surface area contributed by atoms with Gasteiger partial charge in [0.1, 0.15) is 5.82 Å². The number of hydrogen-bond acceptors (Lipinski definition) is 3. The van der Waals surface area contributed by atoms with Crippen LogP contribution in [-0.4, -0.2) is 26.3 Å². The van der Waals surface area contributed by atoms with Crippen LogP contribution in [-0.2, 0) is 5.41 Å². The maximum Gasteiger partial charge on any atom is 0.225 e. The van der Waals surface area contributed by atoms with E-state index in [0.717, 1.165) is 11.1 Å². The molecule has 0 saturated heterocycles. The molecule has 1 aromatic heterocycles. The molecule has 0 N–H and O–H groups in total. The summed E-state index contributed by atoms with van der Waals surface area (Å²) < 4.78 is 2.15. The van der Waals surface area contributed by atoms with E-state index in [4.69, 9.17) is 11.6 Å². The van der Waals surface area contributed by atoms with E-state index in [1.807, 2.05) is 11.8 Å². The van der Waals surface area contributed by atoms with Crippen molar-refractivity contribution in [2.24, 2.45) is 0 Å². The van der Waals surface area contributed by atoms with Crippen molar-refractivity contribution in [3.05, 3.63) is 11.1 Å². The van der Waals surface area contributed by atoms with Crippen molar-refractivity contribution in [1.29, 1.82) is 0 Å². The van der Waals surface area contributed by atoms with Gasteiger partial charge in [0.2, 0.25) is 5.28 Å². The number of aromatic nitrogens is 3. The number of nitrogens with zero attached hydrogens (tertiary/aromatic N) is 3. The Morgan fingerprint density at radius 1 is 1.29 bits per heavy atom. The van der Waals surface area contributed by atoms with E-state index >= 15 is 0 Å². The molecular weight excluding hydrogens is 254 g/mol. The minimum absolute atomic E-state index is 0.00240. The van der Waals surface area contributed by atoms with Crippen LogP contribution in [0.1, 0.15) is 51.9 Å². The zero-order valence-corrected chi connectivity index (χ0v) is 12.5. The number of rotatable bonds is 2. The third-order valence-electron chi connectivity index (χ3n) is 3.38. The van der Waals surface area contributed by atoms with E-state index in [-0.39, 0.29) is 5.41 Å². The van der Waals surface area contributed by atoms with Crippen molar-refractivity contribution in [1.82, 2.24) is 14.8 Å². The maximum atomic E-state index is 6.20. The van der Waals surface area contributed by atoms with Crippen LogP contribution in [0.15, 0.2) is 0 Å². The Hall–Kier alpha value is -0.220. The molecule has 2 atom stereocenters. The van der Waals surface area contributed by atoms with Gasteiger partial charge in [-0.2, -0.15) is 11.8 Å². The zero-order valence-electron chi connectivity index (χ0n) is 10.9. The summed E-state index contributed by atoms with van der Waals surface area (Å²) in [6.45, 7) is 6.47. The first kappa shape index (κ1) is 13.2. The van der Waals surface area contributed by atoms with Gasteiger partial charge < -0.3 is 0 Å². The van der Waals surface area contributed by atoms with Crippen LogP contribution in [0.5, 0.6) is 0 Å². The lowest BCUT2D eigenvalue weighted by molar-refractivity contribution is 0.438. The second-order valence-corrected chi connectivity index (χ2v) is 7.21. The van der Waals surface area contributed by atoms with Gasteiger partial charge in [0, 0.05) is 16.7 Å². The van der Waals surface area contributed by atoms with E-state index in [9.17, 15) is 0 Å². The predicted octanol–water partition coefficient (Wildman–Crippen LogP) is 3.69. The van der Waals surface area contributed by atoms with Gasteiger partial charge >= 0.3 is 0 Å². The summed E-state index contributed by atoms with van der Waals surface area (Å²) in [5.41, 5.74) is -0.00240. The molecule has 0 aromatic carbocycles. The number of halogens is 1. The van der Waals surface area contributed by atoms with Crippen LogP contribution in [0.25, 0.3) is 0 Å². The molecule has 0 radical (unpaired) electrons. The van der Waals surface area contributed by atoms with Crippen molar-refractivity contribution in [3.8, 4) is 0 Å². The smallest absolute Gasteiger partial charge is 0.225 e. The molecule has 3 nitrogen and oxygen atoms in total. The minimum Gasteiger partial charge on any atom is -0.298 e. The number of thioether (sulfide) groups is 1. The lowest BCUT2D eigenvalue weighted by Crippen LogP contribution is -2.21. The first-order valence-electron chi connectivity index (χ1n) is 6.07. The van der Waals surface area contributed by atoms with Gasteiger partial charge in [-0.25, -0.2) is 0 Å². The van der Waals surface area contributed by atoms with Crippen LogP contribution in [0.3, 0.4) is 0 Å². The van der Waals surface area contributed by atoms with Gasteiger partial charge in [-0.05, 0) is 37.1 Å². The first-order chi connectivity index (χ1) is 7.93. The maximum absolute atomic E-state index is 6.20. The van der Waals surface area contributed by atoms with E-state index in [2.05, 4.69) is 41.8 Å². The summed E-state index contributed by atoms with van der Waals surface area (Å²) in [4.78, 5) is 0. The summed E-state index contributed by atoms with van der Waals surface area (Å²) >= 11 is 8.16. The molecule has 0 aliphatic heterocycles. The molecule has 1 aromatic rings. The summed E-state index contributed by atoms with van der Waals surface area (Å²) in [7, 11) is 0. The zero-order chi connectivity index (χ0) is 12.6. The lowest BCUT2D eigenvalue weighted by atomic mass is 9.95. The largest absolute Gasteiger partial charge is 0.298 e. The molecule has 0 amide bonds. The Balaban J connectivity index is 2.29. The Morgan fingerprint density at radius 2 is 2.00 bits per heavy atom. The molecule has 96 valence electrons. The molecule has 2 unspecified atom stereocenters. The summed E-state index contributed by atoms with van der Waals surface area (Å²) in [5, 5.41) is 9.61. The van der Waals surface area contributed by atoms with E-state index in [1.54, 1.807) is 0 Å². The molecular formula is C12H20ClN3S. The molecule has 5 heteroatoms. The fourth-order valence-corrected chi connectivity index (χ4v) is 3.52. The van der Waals surface area contributed by atoms with Gasteiger partial charge in [0.25, 0.3) is 0 Å². The third-order valence-corrected chi connectivity index (χ3v) is 4.73. The average Bonchev–Trinajstić information content (AvgIpc) is 2.81. The van der Waals surface area contributed by atoms with E-state index in [1.165, 1.54) is 19.3 Å². The molecule has 1 saturated carbocycles.